The molecule has 116 valence electrons. The van der Waals surface area contributed by atoms with Crippen LogP contribution in [0.3, 0.4) is 0 Å². The topological polar surface area (TPSA) is 42.4 Å². The molecule has 0 saturated heterocycles. The van der Waals surface area contributed by atoms with Gasteiger partial charge in [0, 0.05) is 18.8 Å². The first-order valence-corrected chi connectivity index (χ1v) is 6.29. The molecule has 0 radical (unpaired) electrons. The van der Waals surface area contributed by atoms with Crippen LogP contribution < -0.4 is 0 Å². The molecule has 0 aliphatic heterocycles. The van der Waals surface area contributed by atoms with Crippen molar-refractivity contribution >= 4 is 5.91 Å². The Bertz CT molecular complexity index is 652. The van der Waals surface area contributed by atoms with E-state index in [0.717, 1.165) is 17.2 Å². The van der Waals surface area contributed by atoms with Crippen molar-refractivity contribution in [1.29, 1.82) is 0 Å². The lowest BCUT2D eigenvalue weighted by Crippen LogP contribution is -2.25. The maximum atomic E-state index is 12.5. The molecule has 2 rings (SSSR count). The molecule has 0 aliphatic carbocycles. The Morgan fingerprint density at radius 3 is 2.23 bits per heavy atom. The van der Waals surface area contributed by atoms with Gasteiger partial charge in [-0.3, -0.25) is 14.6 Å². The van der Waals surface area contributed by atoms with E-state index in [1.165, 1.54) is 38.6 Å². The van der Waals surface area contributed by atoms with Crippen molar-refractivity contribution in [2.75, 3.05) is 14.2 Å². The Balaban J connectivity index is 2.22. The van der Waals surface area contributed by atoms with Crippen LogP contribution in [0.2, 0.25) is 0 Å². The molecule has 1 heterocycles. The standard InChI is InChI=1S/C15H13F3N2O2/c1-20(22-2)14(21)11-5-8-13(19-9-11)10-3-6-12(7-4-10)15(16,17)18/h3-9H,1-2H3. The van der Waals surface area contributed by atoms with Crippen LogP contribution in [0.1, 0.15) is 15.9 Å². The maximum absolute atomic E-state index is 12.5. The number of rotatable bonds is 3. The first-order valence-electron chi connectivity index (χ1n) is 6.29. The number of aromatic nitrogens is 1. The highest BCUT2D eigenvalue weighted by molar-refractivity contribution is 5.93. The summed E-state index contributed by atoms with van der Waals surface area (Å²) in [4.78, 5) is 20.7. The zero-order chi connectivity index (χ0) is 16.3. The van der Waals surface area contributed by atoms with Gasteiger partial charge in [-0.15, -0.1) is 0 Å². The highest BCUT2D eigenvalue weighted by Crippen LogP contribution is 2.30. The number of carbonyl (C=O) groups excluding carboxylic acids is 1. The third-order valence-electron chi connectivity index (χ3n) is 3.08. The lowest BCUT2D eigenvalue weighted by molar-refractivity contribution is -0.137. The average Bonchev–Trinajstić information content (AvgIpc) is 2.53. The molecule has 0 saturated carbocycles. The summed E-state index contributed by atoms with van der Waals surface area (Å²) in [5.74, 6) is -0.367. The zero-order valence-electron chi connectivity index (χ0n) is 11.9. The molecule has 1 amide bonds. The van der Waals surface area contributed by atoms with Crippen molar-refractivity contribution in [3.05, 3.63) is 53.7 Å². The van der Waals surface area contributed by atoms with Gasteiger partial charge < -0.3 is 0 Å². The number of amides is 1. The molecule has 0 spiro atoms. The minimum absolute atomic E-state index is 0.319. The second-order valence-electron chi connectivity index (χ2n) is 4.49. The summed E-state index contributed by atoms with van der Waals surface area (Å²) in [6, 6.07) is 7.78. The van der Waals surface area contributed by atoms with Crippen LogP contribution in [-0.2, 0) is 11.0 Å². The molecular formula is C15H13F3N2O2. The number of carbonyl (C=O) groups is 1. The van der Waals surface area contributed by atoms with E-state index in [2.05, 4.69) is 4.98 Å². The summed E-state index contributed by atoms with van der Waals surface area (Å²) in [7, 11) is 2.83. The van der Waals surface area contributed by atoms with E-state index in [4.69, 9.17) is 4.84 Å². The highest BCUT2D eigenvalue weighted by atomic mass is 19.4. The monoisotopic (exact) mass is 310 g/mol. The molecule has 1 aromatic heterocycles. The summed E-state index contributed by atoms with van der Waals surface area (Å²) < 4.78 is 37.5. The molecule has 7 heteroatoms. The second-order valence-corrected chi connectivity index (χ2v) is 4.49. The van der Waals surface area contributed by atoms with Gasteiger partial charge in [0.15, 0.2) is 0 Å². The van der Waals surface area contributed by atoms with Crippen molar-refractivity contribution in [1.82, 2.24) is 10.0 Å². The average molecular weight is 310 g/mol. The predicted molar refractivity (Wildman–Crippen MR) is 73.8 cm³/mol. The summed E-state index contributed by atoms with van der Waals surface area (Å²) in [6.45, 7) is 0. The lowest BCUT2D eigenvalue weighted by Gasteiger charge is -2.13. The van der Waals surface area contributed by atoms with E-state index in [1.807, 2.05) is 0 Å². The van der Waals surface area contributed by atoms with Crippen molar-refractivity contribution in [2.24, 2.45) is 0 Å². The zero-order valence-corrected chi connectivity index (χ0v) is 11.9. The molecule has 0 aliphatic rings. The van der Waals surface area contributed by atoms with E-state index in [0.29, 0.717) is 16.8 Å². The fraction of sp³-hybridized carbons (Fsp3) is 0.200. The van der Waals surface area contributed by atoms with E-state index < -0.39 is 11.7 Å². The molecule has 0 bridgehead atoms. The maximum Gasteiger partial charge on any atom is 0.416 e. The van der Waals surface area contributed by atoms with Gasteiger partial charge in [-0.2, -0.15) is 13.2 Å². The summed E-state index contributed by atoms with van der Waals surface area (Å²) in [6.07, 6.45) is -3.02. The first-order chi connectivity index (χ1) is 10.3. The van der Waals surface area contributed by atoms with Crippen LogP contribution in [0.5, 0.6) is 0 Å². The molecular weight excluding hydrogens is 297 g/mol. The predicted octanol–water partition coefficient (Wildman–Crippen LogP) is 3.40. The number of hydroxylamine groups is 2. The summed E-state index contributed by atoms with van der Waals surface area (Å²) in [5.41, 5.74) is 0.613. The van der Waals surface area contributed by atoms with Gasteiger partial charge in [0.25, 0.3) is 5.91 Å². The van der Waals surface area contributed by atoms with Gasteiger partial charge in [0.05, 0.1) is 23.9 Å². The molecule has 4 nitrogen and oxygen atoms in total. The number of hydrogen-bond donors (Lipinski definition) is 0. The molecule has 0 N–H and O–H groups in total. The van der Waals surface area contributed by atoms with Crippen molar-refractivity contribution in [3.8, 4) is 11.3 Å². The quantitative estimate of drug-likeness (QED) is 0.816. The Kier molecular flexibility index (Phi) is 4.46. The Hall–Kier alpha value is -2.41. The number of nitrogens with zero attached hydrogens (tertiary/aromatic N) is 2. The van der Waals surface area contributed by atoms with E-state index >= 15 is 0 Å². The lowest BCUT2D eigenvalue weighted by atomic mass is 10.1. The smallest absolute Gasteiger partial charge is 0.274 e. The van der Waals surface area contributed by atoms with Crippen molar-refractivity contribution in [2.45, 2.75) is 6.18 Å². The molecule has 0 fully saturated rings. The summed E-state index contributed by atoms with van der Waals surface area (Å²) >= 11 is 0. The fourth-order valence-corrected chi connectivity index (χ4v) is 1.79. The molecule has 0 atom stereocenters. The Labute approximate surface area is 125 Å². The number of alkyl halides is 3. The SMILES string of the molecule is CON(C)C(=O)c1ccc(-c2ccc(C(F)(F)F)cc2)nc1. The minimum atomic E-state index is -4.37. The number of hydrogen-bond acceptors (Lipinski definition) is 3. The number of benzene rings is 1. The van der Waals surface area contributed by atoms with Crippen LogP contribution in [0.4, 0.5) is 13.2 Å². The highest BCUT2D eigenvalue weighted by Gasteiger charge is 2.30. The van der Waals surface area contributed by atoms with Gasteiger partial charge in [0.2, 0.25) is 0 Å². The molecule has 0 unspecified atom stereocenters. The minimum Gasteiger partial charge on any atom is -0.274 e. The normalized spacial score (nSPS) is 11.3. The summed E-state index contributed by atoms with van der Waals surface area (Å²) in [5, 5.41) is 1.05. The molecule has 22 heavy (non-hydrogen) atoms. The van der Waals surface area contributed by atoms with Gasteiger partial charge in [0.1, 0.15) is 0 Å². The third kappa shape index (κ3) is 3.43. The number of pyridine rings is 1. The van der Waals surface area contributed by atoms with Gasteiger partial charge in [-0.25, -0.2) is 5.06 Å². The Morgan fingerprint density at radius 1 is 1.14 bits per heavy atom. The van der Waals surface area contributed by atoms with Crippen molar-refractivity contribution in [3.63, 3.8) is 0 Å². The first kappa shape index (κ1) is 16.0. The van der Waals surface area contributed by atoms with E-state index in [9.17, 15) is 18.0 Å². The van der Waals surface area contributed by atoms with Crippen molar-refractivity contribution < 1.29 is 22.8 Å². The van der Waals surface area contributed by atoms with Gasteiger partial charge in [-0.05, 0) is 24.3 Å². The van der Waals surface area contributed by atoms with Crippen LogP contribution in [0.25, 0.3) is 11.3 Å². The number of halogens is 3. The van der Waals surface area contributed by atoms with Crippen LogP contribution in [-0.4, -0.2) is 30.1 Å². The van der Waals surface area contributed by atoms with E-state index in [1.54, 1.807) is 6.07 Å². The Morgan fingerprint density at radius 2 is 1.77 bits per heavy atom. The van der Waals surface area contributed by atoms with Gasteiger partial charge in [-0.1, -0.05) is 12.1 Å². The molecule has 2 aromatic rings. The molecule has 1 aromatic carbocycles. The second kappa shape index (κ2) is 6.15. The van der Waals surface area contributed by atoms with E-state index in [-0.39, 0.29) is 5.91 Å². The van der Waals surface area contributed by atoms with Crippen LogP contribution in [0.15, 0.2) is 42.6 Å². The van der Waals surface area contributed by atoms with Gasteiger partial charge >= 0.3 is 6.18 Å². The third-order valence-corrected chi connectivity index (χ3v) is 3.08. The fourth-order valence-electron chi connectivity index (χ4n) is 1.79. The van der Waals surface area contributed by atoms with Crippen LogP contribution >= 0.6 is 0 Å². The van der Waals surface area contributed by atoms with Crippen LogP contribution in [0, 0.1) is 0 Å². The largest absolute Gasteiger partial charge is 0.416 e.